The third-order valence-electron chi connectivity index (χ3n) is 3.77. The third kappa shape index (κ3) is 5.03. The van der Waals surface area contributed by atoms with E-state index in [4.69, 9.17) is 5.26 Å². The first kappa shape index (κ1) is 17.9. The Bertz CT molecular complexity index is 779. The molecule has 7 heteroatoms. The molecule has 0 spiro atoms. The number of hydrogen-bond donors (Lipinski definition) is 1. The summed E-state index contributed by atoms with van der Waals surface area (Å²) in [6.45, 7) is 2.01. The molecule has 3 rings (SSSR count). The van der Waals surface area contributed by atoms with Crippen LogP contribution >= 0.6 is 23.5 Å². The highest BCUT2D eigenvalue weighted by atomic mass is 32.2. The van der Waals surface area contributed by atoms with Crippen LogP contribution in [-0.2, 0) is 4.79 Å². The van der Waals surface area contributed by atoms with E-state index in [9.17, 15) is 4.79 Å². The Balaban J connectivity index is 1.57. The van der Waals surface area contributed by atoms with E-state index < -0.39 is 0 Å². The molecule has 0 radical (unpaired) electrons. The van der Waals surface area contributed by atoms with Crippen LogP contribution in [0.4, 0.5) is 5.69 Å². The van der Waals surface area contributed by atoms with Gasteiger partial charge >= 0.3 is 0 Å². The molecule has 1 aliphatic carbocycles. The summed E-state index contributed by atoms with van der Waals surface area (Å²) in [5.41, 5.74) is 0.799. The molecule has 25 heavy (non-hydrogen) atoms. The Morgan fingerprint density at radius 2 is 2.28 bits per heavy atom. The van der Waals surface area contributed by atoms with Crippen molar-refractivity contribution >= 4 is 35.1 Å². The number of rotatable bonds is 8. The second-order valence-electron chi connectivity index (χ2n) is 5.97. The summed E-state index contributed by atoms with van der Waals surface area (Å²) in [6.07, 6.45) is 6.65. The van der Waals surface area contributed by atoms with E-state index in [1.54, 1.807) is 18.0 Å². The van der Waals surface area contributed by atoms with Crippen molar-refractivity contribution in [1.82, 2.24) is 9.55 Å². The summed E-state index contributed by atoms with van der Waals surface area (Å²) < 4.78 is 2.16. The number of hydrogen-bond acceptors (Lipinski definition) is 5. The SMILES string of the molecule is C[C@@H](CC#N)Sc1ccccc1NC(=O)CSc1nccn1C1CC1. The number of nitrogens with zero attached hydrogens (tertiary/aromatic N) is 3. The molecule has 1 amide bonds. The van der Waals surface area contributed by atoms with Crippen LogP contribution in [0.15, 0.2) is 46.7 Å². The van der Waals surface area contributed by atoms with Gasteiger partial charge in [0.25, 0.3) is 0 Å². The number of para-hydroxylation sites is 1. The number of aromatic nitrogens is 2. The van der Waals surface area contributed by atoms with Crippen molar-refractivity contribution in [2.45, 2.75) is 47.5 Å². The number of carbonyl (C=O) groups excluding carboxylic acids is 1. The highest BCUT2D eigenvalue weighted by Crippen LogP contribution is 2.37. The molecule has 1 aromatic carbocycles. The van der Waals surface area contributed by atoms with Crippen LogP contribution in [0.25, 0.3) is 0 Å². The average Bonchev–Trinajstić information content (AvgIpc) is 3.33. The molecule has 1 aromatic heterocycles. The zero-order valence-electron chi connectivity index (χ0n) is 14.0. The molecule has 0 aliphatic heterocycles. The van der Waals surface area contributed by atoms with Crippen molar-refractivity contribution in [2.24, 2.45) is 0 Å². The van der Waals surface area contributed by atoms with Crippen LogP contribution in [-0.4, -0.2) is 26.5 Å². The lowest BCUT2D eigenvalue weighted by atomic mass is 10.3. The van der Waals surface area contributed by atoms with Crippen LogP contribution in [0.5, 0.6) is 0 Å². The lowest BCUT2D eigenvalue weighted by molar-refractivity contribution is -0.113. The summed E-state index contributed by atoms with van der Waals surface area (Å²) in [6, 6.07) is 10.5. The standard InChI is InChI=1S/C18H20N4OS2/c1-13(8-9-19)25-16-5-3-2-4-15(16)21-17(23)12-24-18-20-10-11-22(18)14-6-7-14/h2-5,10-11,13-14H,6-8,12H2,1H3,(H,21,23)/t13-/m0/s1. The fourth-order valence-corrected chi connectivity index (χ4v) is 4.24. The Morgan fingerprint density at radius 1 is 1.48 bits per heavy atom. The minimum absolute atomic E-state index is 0.0451. The van der Waals surface area contributed by atoms with Gasteiger partial charge in [0.2, 0.25) is 5.91 Å². The summed E-state index contributed by atoms with van der Waals surface area (Å²) in [7, 11) is 0. The smallest absolute Gasteiger partial charge is 0.234 e. The topological polar surface area (TPSA) is 70.7 Å². The van der Waals surface area contributed by atoms with Crippen LogP contribution in [0.3, 0.4) is 0 Å². The highest BCUT2D eigenvalue weighted by molar-refractivity contribution is 8.00. The van der Waals surface area contributed by atoms with Crippen LogP contribution in [0.2, 0.25) is 0 Å². The zero-order valence-corrected chi connectivity index (χ0v) is 15.6. The van der Waals surface area contributed by atoms with E-state index in [0.717, 1.165) is 15.7 Å². The van der Waals surface area contributed by atoms with E-state index in [-0.39, 0.29) is 11.2 Å². The Morgan fingerprint density at radius 3 is 3.04 bits per heavy atom. The zero-order chi connectivity index (χ0) is 17.6. The first-order valence-electron chi connectivity index (χ1n) is 8.25. The molecule has 2 aromatic rings. The second kappa shape index (κ2) is 8.45. The number of nitrogens with one attached hydrogen (secondary N) is 1. The molecule has 130 valence electrons. The molecule has 0 bridgehead atoms. The van der Waals surface area contributed by atoms with Gasteiger partial charge in [0.1, 0.15) is 0 Å². The summed E-state index contributed by atoms with van der Waals surface area (Å²) in [5, 5.41) is 12.9. The van der Waals surface area contributed by atoms with Gasteiger partial charge in [0.05, 0.1) is 17.5 Å². The van der Waals surface area contributed by atoms with Crippen LogP contribution < -0.4 is 5.32 Å². The molecule has 1 saturated carbocycles. The van der Waals surface area contributed by atoms with E-state index in [1.807, 2.05) is 37.4 Å². The first-order chi connectivity index (χ1) is 12.2. The quantitative estimate of drug-likeness (QED) is 0.698. The molecule has 1 N–H and O–H groups in total. The largest absolute Gasteiger partial charge is 0.324 e. The number of nitriles is 1. The molecule has 1 heterocycles. The molecule has 1 aliphatic rings. The lowest BCUT2D eigenvalue weighted by Gasteiger charge is -2.13. The summed E-state index contributed by atoms with van der Waals surface area (Å²) >= 11 is 3.07. The van der Waals surface area contributed by atoms with Gasteiger partial charge < -0.3 is 9.88 Å². The number of imidazole rings is 1. The maximum absolute atomic E-state index is 12.3. The second-order valence-corrected chi connectivity index (χ2v) is 8.39. The van der Waals surface area contributed by atoms with E-state index in [2.05, 4.69) is 20.9 Å². The van der Waals surface area contributed by atoms with E-state index >= 15 is 0 Å². The van der Waals surface area contributed by atoms with Crippen molar-refractivity contribution in [3.05, 3.63) is 36.7 Å². The van der Waals surface area contributed by atoms with Crippen molar-refractivity contribution in [2.75, 3.05) is 11.1 Å². The molecule has 0 unspecified atom stereocenters. The monoisotopic (exact) mass is 372 g/mol. The van der Waals surface area contributed by atoms with Gasteiger partial charge in [0, 0.05) is 35.0 Å². The molecule has 1 atom stereocenters. The minimum atomic E-state index is -0.0451. The van der Waals surface area contributed by atoms with Crippen molar-refractivity contribution < 1.29 is 4.79 Å². The Kier molecular flexibility index (Phi) is 6.05. The molecular weight excluding hydrogens is 352 g/mol. The van der Waals surface area contributed by atoms with Crippen molar-refractivity contribution in [3.8, 4) is 6.07 Å². The van der Waals surface area contributed by atoms with Crippen molar-refractivity contribution in [3.63, 3.8) is 0 Å². The van der Waals surface area contributed by atoms with Gasteiger partial charge in [-0.1, -0.05) is 30.8 Å². The highest BCUT2D eigenvalue weighted by Gasteiger charge is 2.25. The average molecular weight is 373 g/mol. The number of carbonyl (C=O) groups is 1. The molecule has 5 nitrogen and oxygen atoms in total. The van der Waals surface area contributed by atoms with Gasteiger partial charge in [-0.05, 0) is 25.0 Å². The number of benzene rings is 1. The molecule has 1 fully saturated rings. The number of amides is 1. The lowest BCUT2D eigenvalue weighted by Crippen LogP contribution is -2.15. The fraction of sp³-hybridized carbons (Fsp3) is 0.389. The number of thioether (sulfide) groups is 2. The predicted octanol–water partition coefficient (Wildman–Crippen LogP) is 4.34. The van der Waals surface area contributed by atoms with Crippen molar-refractivity contribution in [1.29, 1.82) is 5.26 Å². The Hall–Kier alpha value is -1.91. The molecule has 0 saturated heterocycles. The van der Waals surface area contributed by atoms with Gasteiger partial charge in [0.15, 0.2) is 5.16 Å². The van der Waals surface area contributed by atoms with E-state index in [0.29, 0.717) is 18.2 Å². The third-order valence-corrected chi connectivity index (χ3v) is 5.93. The normalized spacial score (nSPS) is 14.7. The van der Waals surface area contributed by atoms with Gasteiger partial charge in [-0.15, -0.1) is 11.8 Å². The van der Waals surface area contributed by atoms with Gasteiger partial charge in [-0.2, -0.15) is 5.26 Å². The van der Waals surface area contributed by atoms with Gasteiger partial charge in [-0.25, -0.2) is 4.98 Å². The number of anilines is 1. The molecular formula is C18H20N4OS2. The first-order valence-corrected chi connectivity index (χ1v) is 10.1. The maximum atomic E-state index is 12.3. The maximum Gasteiger partial charge on any atom is 0.234 e. The van der Waals surface area contributed by atoms with Crippen LogP contribution in [0.1, 0.15) is 32.2 Å². The minimum Gasteiger partial charge on any atom is -0.324 e. The van der Waals surface area contributed by atoms with Gasteiger partial charge in [-0.3, -0.25) is 4.79 Å². The predicted molar refractivity (Wildman–Crippen MR) is 102 cm³/mol. The Labute approximate surface area is 156 Å². The fourth-order valence-electron chi connectivity index (χ4n) is 2.42. The summed E-state index contributed by atoms with van der Waals surface area (Å²) in [4.78, 5) is 17.7. The summed E-state index contributed by atoms with van der Waals surface area (Å²) in [5.74, 6) is 0.285. The van der Waals surface area contributed by atoms with E-state index in [1.165, 1.54) is 24.6 Å². The van der Waals surface area contributed by atoms with Crippen LogP contribution in [0, 0.1) is 11.3 Å².